The van der Waals surface area contributed by atoms with Gasteiger partial charge in [0.05, 0.1) is 18.8 Å². The van der Waals surface area contributed by atoms with E-state index in [1.807, 2.05) is 48.5 Å². The average molecular weight is 570 g/mol. The number of nitrogens with one attached hydrogen (secondary N) is 3. The van der Waals surface area contributed by atoms with Gasteiger partial charge in [0.1, 0.15) is 6.33 Å². The zero-order chi connectivity index (χ0) is 28.2. The van der Waals surface area contributed by atoms with Crippen molar-refractivity contribution in [3.8, 4) is 0 Å². The number of ether oxygens (including phenoxy) is 2. The molecule has 0 unspecified atom stereocenters. The maximum Gasteiger partial charge on any atom is 0.243 e. The summed E-state index contributed by atoms with van der Waals surface area (Å²) in [6.07, 6.45) is 4.81. The van der Waals surface area contributed by atoms with Crippen LogP contribution in [0.5, 0.6) is 0 Å². The molecule has 11 nitrogen and oxygen atoms in total. The van der Waals surface area contributed by atoms with Crippen LogP contribution in [0.2, 0.25) is 0 Å². The Morgan fingerprint density at radius 2 is 1.77 bits per heavy atom. The number of carbonyl (C=O) groups excluding carboxylic acids is 2. The van der Waals surface area contributed by atoms with Crippen molar-refractivity contribution < 1.29 is 29.4 Å². The van der Waals surface area contributed by atoms with Crippen molar-refractivity contribution in [3.05, 3.63) is 71.5 Å². The van der Waals surface area contributed by atoms with Gasteiger partial charge < -0.3 is 19.9 Å². The third kappa shape index (κ3) is 9.14. The van der Waals surface area contributed by atoms with Gasteiger partial charge in [-0.25, -0.2) is 10.5 Å². The number of nitrogens with zero attached hydrogens (tertiary/aromatic N) is 2. The fraction of sp³-hybridized carbons (Fsp3) is 0.429. The Bertz CT molecular complexity index is 1210. The van der Waals surface area contributed by atoms with Crippen LogP contribution in [-0.4, -0.2) is 49.2 Å². The van der Waals surface area contributed by atoms with E-state index in [1.165, 1.54) is 18.1 Å². The van der Waals surface area contributed by atoms with Crippen molar-refractivity contribution in [2.75, 3.05) is 11.1 Å². The highest BCUT2D eigenvalue weighted by Gasteiger charge is 2.32. The van der Waals surface area contributed by atoms with E-state index in [0.717, 1.165) is 34.7 Å². The third-order valence-electron chi connectivity index (χ3n) is 6.54. The molecule has 1 aliphatic heterocycles. The summed E-state index contributed by atoms with van der Waals surface area (Å²) in [5.74, 6) is 0.176. The number of hydrogen-bond donors (Lipinski definition) is 5. The van der Waals surface area contributed by atoms with E-state index >= 15 is 0 Å². The predicted octanol–water partition coefficient (Wildman–Crippen LogP) is 4.42. The number of anilines is 1. The van der Waals surface area contributed by atoms with Gasteiger partial charge in [0.2, 0.25) is 11.8 Å². The molecule has 1 aromatic heterocycles. The van der Waals surface area contributed by atoms with Crippen LogP contribution in [0.25, 0.3) is 0 Å². The average Bonchev–Trinajstić information content (AvgIpc) is 3.51. The highest BCUT2D eigenvalue weighted by atomic mass is 32.2. The number of carbonyl (C=O) groups is 2. The van der Waals surface area contributed by atoms with E-state index in [1.54, 1.807) is 5.48 Å². The summed E-state index contributed by atoms with van der Waals surface area (Å²) >= 11 is 1.53. The second-order valence-corrected chi connectivity index (χ2v) is 10.6. The normalized spacial score (nSPS) is 18.8. The Kier molecular flexibility index (Phi) is 11.5. The van der Waals surface area contributed by atoms with Crippen LogP contribution >= 0.6 is 11.8 Å². The minimum atomic E-state index is -0.635. The maximum absolute atomic E-state index is 12.5. The van der Waals surface area contributed by atoms with Crippen molar-refractivity contribution >= 4 is 29.3 Å². The van der Waals surface area contributed by atoms with Crippen molar-refractivity contribution in [2.45, 2.75) is 75.2 Å². The molecule has 12 heteroatoms. The summed E-state index contributed by atoms with van der Waals surface area (Å²) in [5.41, 5.74) is 4.92. The molecule has 2 amide bonds. The number of rotatable bonds is 14. The summed E-state index contributed by atoms with van der Waals surface area (Å²) in [5, 5.41) is 28.4. The summed E-state index contributed by atoms with van der Waals surface area (Å²) < 4.78 is 12.8. The van der Waals surface area contributed by atoms with E-state index in [4.69, 9.17) is 14.7 Å². The number of H-pyrrole nitrogens is 1. The number of benzene rings is 2. The van der Waals surface area contributed by atoms with E-state index < -0.39 is 12.2 Å². The van der Waals surface area contributed by atoms with Crippen molar-refractivity contribution in [1.82, 2.24) is 20.7 Å². The van der Waals surface area contributed by atoms with Crippen molar-refractivity contribution in [2.24, 2.45) is 0 Å². The van der Waals surface area contributed by atoms with Crippen LogP contribution in [0.15, 0.2) is 60.0 Å². The molecule has 0 saturated carbocycles. The first-order chi connectivity index (χ1) is 19.5. The monoisotopic (exact) mass is 569 g/mol. The molecule has 0 aliphatic carbocycles. The van der Waals surface area contributed by atoms with Crippen LogP contribution in [-0.2, 0) is 25.7 Å². The second-order valence-electron chi connectivity index (χ2n) is 9.57. The number of amides is 2. The SMILES string of the molecule is O=C(CCCCCCC(=O)Nc1cccc([C@@H]2O[C@H](CSc3ncn[nH]3)C[C@H](c3ccc(CO)cc3)O2)c1)NO. The Hall–Kier alpha value is -3.29. The Morgan fingerprint density at radius 1 is 1.00 bits per heavy atom. The van der Waals surface area contributed by atoms with Gasteiger partial charge in [-0.15, -0.1) is 0 Å². The molecule has 2 aromatic carbocycles. The number of aliphatic hydroxyl groups is 1. The first kappa shape index (κ1) is 29.7. The first-order valence-electron chi connectivity index (χ1n) is 13.4. The highest BCUT2D eigenvalue weighted by Crippen LogP contribution is 2.39. The van der Waals surface area contributed by atoms with Crippen LogP contribution < -0.4 is 10.8 Å². The molecule has 40 heavy (non-hydrogen) atoms. The zero-order valence-corrected chi connectivity index (χ0v) is 22.9. The van der Waals surface area contributed by atoms with E-state index in [-0.39, 0.29) is 31.1 Å². The maximum atomic E-state index is 12.5. The number of hydroxylamine groups is 1. The Morgan fingerprint density at radius 3 is 2.48 bits per heavy atom. The fourth-order valence-corrected chi connectivity index (χ4v) is 5.22. The van der Waals surface area contributed by atoms with E-state index in [0.29, 0.717) is 37.1 Å². The first-order valence-corrected chi connectivity index (χ1v) is 14.3. The van der Waals surface area contributed by atoms with Crippen molar-refractivity contribution in [3.63, 3.8) is 0 Å². The standard InChI is InChI=1S/C28H35N5O6S/c34-16-19-10-12-20(13-11-19)24-15-23(17-40-28-29-18-30-32-28)38-27(39-24)21-6-5-7-22(14-21)31-25(35)8-3-1-2-4-9-26(36)33-37/h5-7,10-14,18,23-24,27,34,37H,1-4,8-9,15-17H2,(H,31,35)(H,33,36)(H,29,30,32)/t23-,24+,27+/m0/s1. The lowest BCUT2D eigenvalue weighted by Gasteiger charge is -2.36. The number of aromatic amines is 1. The van der Waals surface area contributed by atoms with Gasteiger partial charge in [0.25, 0.3) is 0 Å². The molecule has 214 valence electrons. The van der Waals surface area contributed by atoms with Crippen LogP contribution in [0.3, 0.4) is 0 Å². The fourth-order valence-electron chi connectivity index (χ4n) is 4.43. The number of aromatic nitrogens is 3. The molecule has 1 aliphatic rings. The van der Waals surface area contributed by atoms with Gasteiger partial charge in [-0.3, -0.25) is 19.9 Å². The molecular formula is C28H35N5O6S. The summed E-state index contributed by atoms with van der Waals surface area (Å²) in [6.45, 7) is -0.0180. The summed E-state index contributed by atoms with van der Waals surface area (Å²) in [4.78, 5) is 27.8. The van der Waals surface area contributed by atoms with Crippen LogP contribution in [0.1, 0.15) is 74.0 Å². The topological polar surface area (TPSA) is 159 Å². The molecule has 0 radical (unpaired) electrons. The predicted molar refractivity (Wildman–Crippen MR) is 148 cm³/mol. The molecular weight excluding hydrogens is 534 g/mol. The number of unbranched alkanes of at least 4 members (excludes halogenated alkanes) is 3. The molecule has 0 bridgehead atoms. The van der Waals surface area contributed by atoms with E-state index in [9.17, 15) is 14.7 Å². The molecule has 3 aromatic rings. The smallest absolute Gasteiger partial charge is 0.243 e. The summed E-state index contributed by atoms with van der Waals surface area (Å²) in [7, 11) is 0. The lowest BCUT2D eigenvalue weighted by molar-refractivity contribution is -0.245. The quantitative estimate of drug-likeness (QED) is 0.0820. The molecule has 5 N–H and O–H groups in total. The number of thioether (sulfide) groups is 1. The molecule has 2 heterocycles. The van der Waals surface area contributed by atoms with Gasteiger partial charge in [0, 0.05) is 36.3 Å². The lowest BCUT2D eigenvalue weighted by Crippen LogP contribution is -2.31. The molecule has 1 saturated heterocycles. The van der Waals surface area contributed by atoms with Crippen LogP contribution in [0, 0.1) is 0 Å². The van der Waals surface area contributed by atoms with Gasteiger partial charge in [-0.2, -0.15) is 5.10 Å². The second kappa shape index (κ2) is 15.5. The third-order valence-corrected chi connectivity index (χ3v) is 7.55. The molecule has 1 fully saturated rings. The Labute approximate surface area is 237 Å². The van der Waals surface area contributed by atoms with E-state index in [2.05, 4.69) is 20.5 Å². The van der Waals surface area contributed by atoms with Gasteiger partial charge in [-0.05, 0) is 36.1 Å². The minimum Gasteiger partial charge on any atom is -0.392 e. The molecule has 4 rings (SSSR count). The minimum absolute atomic E-state index is 0.0180. The van der Waals surface area contributed by atoms with Crippen LogP contribution in [0.4, 0.5) is 5.69 Å². The van der Waals surface area contributed by atoms with Gasteiger partial charge in [-0.1, -0.05) is 61.0 Å². The number of hydrogen-bond acceptors (Lipinski definition) is 9. The highest BCUT2D eigenvalue weighted by molar-refractivity contribution is 7.99. The lowest BCUT2D eigenvalue weighted by atomic mass is 10.0. The van der Waals surface area contributed by atoms with Gasteiger partial charge in [0.15, 0.2) is 11.4 Å². The number of aliphatic hydroxyl groups excluding tert-OH is 1. The zero-order valence-electron chi connectivity index (χ0n) is 22.1. The largest absolute Gasteiger partial charge is 0.392 e. The molecule has 3 atom stereocenters. The van der Waals surface area contributed by atoms with Crippen molar-refractivity contribution in [1.29, 1.82) is 0 Å². The molecule has 0 spiro atoms. The Balaban J connectivity index is 1.36. The summed E-state index contributed by atoms with van der Waals surface area (Å²) in [6, 6.07) is 15.2. The van der Waals surface area contributed by atoms with Gasteiger partial charge >= 0.3 is 0 Å².